The van der Waals surface area contributed by atoms with Gasteiger partial charge < -0.3 is 5.73 Å². The molecule has 1 heterocycles. The van der Waals surface area contributed by atoms with E-state index in [-0.39, 0.29) is 10.7 Å². The average Bonchev–Trinajstić information content (AvgIpc) is 2.11. The van der Waals surface area contributed by atoms with Crippen LogP contribution in [0.1, 0.15) is 4.88 Å². The Hall–Kier alpha value is -0.420. The Labute approximate surface area is 69.6 Å². The summed E-state index contributed by atoms with van der Waals surface area (Å²) in [6.45, 7) is 0. The molecule has 0 spiro atoms. The zero-order valence-corrected chi connectivity index (χ0v) is 6.65. The normalized spacial score (nSPS) is 12.0. The quantitative estimate of drug-likeness (QED) is 0.686. The van der Waals surface area contributed by atoms with E-state index in [4.69, 9.17) is 17.3 Å². The van der Waals surface area contributed by atoms with Gasteiger partial charge >= 0.3 is 6.18 Å². The predicted molar refractivity (Wildman–Crippen MR) is 38.7 cm³/mol. The summed E-state index contributed by atoms with van der Waals surface area (Å²) in [4.78, 5) is -0.831. The number of nitrogens with two attached hydrogens (primary N) is 1. The van der Waals surface area contributed by atoms with Gasteiger partial charge in [-0.2, -0.15) is 13.2 Å². The molecule has 1 rings (SSSR count). The van der Waals surface area contributed by atoms with E-state index < -0.39 is 11.1 Å². The Morgan fingerprint density at radius 3 is 2.18 bits per heavy atom. The van der Waals surface area contributed by atoms with E-state index in [1.54, 1.807) is 0 Å². The van der Waals surface area contributed by atoms with Gasteiger partial charge in [-0.15, -0.1) is 11.3 Å². The molecule has 0 aliphatic rings. The molecule has 0 aromatic carbocycles. The van der Waals surface area contributed by atoms with Crippen molar-refractivity contribution >= 4 is 28.6 Å². The molecular weight excluding hydrogens is 199 g/mol. The first-order valence-corrected chi connectivity index (χ1v) is 3.78. The molecule has 2 N–H and O–H groups in total. The van der Waals surface area contributed by atoms with Crippen molar-refractivity contribution in [2.75, 3.05) is 5.73 Å². The van der Waals surface area contributed by atoms with E-state index in [0.717, 1.165) is 0 Å². The Morgan fingerprint density at radius 1 is 1.45 bits per heavy atom. The Bertz CT molecular complexity index is 267. The SMILES string of the molecule is Nc1c(Cl)csc1C(F)(F)F. The number of anilines is 1. The van der Waals surface area contributed by atoms with Crippen molar-refractivity contribution in [2.45, 2.75) is 6.18 Å². The lowest BCUT2D eigenvalue weighted by Crippen LogP contribution is -2.04. The van der Waals surface area contributed by atoms with Gasteiger partial charge in [-0.1, -0.05) is 11.6 Å². The maximum Gasteiger partial charge on any atom is 0.427 e. The second kappa shape index (κ2) is 2.57. The van der Waals surface area contributed by atoms with Crippen LogP contribution < -0.4 is 5.73 Å². The van der Waals surface area contributed by atoms with Gasteiger partial charge in [0.05, 0.1) is 10.7 Å². The second-order valence-electron chi connectivity index (χ2n) is 1.82. The Balaban J connectivity index is 3.15. The van der Waals surface area contributed by atoms with Crippen molar-refractivity contribution in [1.29, 1.82) is 0 Å². The minimum atomic E-state index is -4.39. The van der Waals surface area contributed by atoms with Gasteiger partial charge in [0, 0.05) is 5.38 Å². The summed E-state index contributed by atoms with van der Waals surface area (Å²) < 4.78 is 35.8. The van der Waals surface area contributed by atoms with Crippen LogP contribution in [0, 0.1) is 0 Å². The molecule has 0 aliphatic carbocycles. The smallest absolute Gasteiger partial charge is 0.396 e. The van der Waals surface area contributed by atoms with Crippen LogP contribution in [0.3, 0.4) is 0 Å². The minimum Gasteiger partial charge on any atom is -0.396 e. The van der Waals surface area contributed by atoms with E-state index >= 15 is 0 Å². The van der Waals surface area contributed by atoms with Crippen LogP contribution in [0.2, 0.25) is 5.02 Å². The van der Waals surface area contributed by atoms with E-state index in [0.29, 0.717) is 11.3 Å². The first kappa shape index (κ1) is 8.67. The van der Waals surface area contributed by atoms with Crippen molar-refractivity contribution in [3.63, 3.8) is 0 Å². The topological polar surface area (TPSA) is 26.0 Å². The minimum absolute atomic E-state index is 0.0395. The highest BCUT2D eigenvalue weighted by Crippen LogP contribution is 2.41. The van der Waals surface area contributed by atoms with Crippen molar-refractivity contribution in [3.8, 4) is 0 Å². The molecule has 1 aromatic rings. The molecule has 0 bridgehead atoms. The van der Waals surface area contributed by atoms with Crippen LogP contribution in [0.4, 0.5) is 18.9 Å². The largest absolute Gasteiger partial charge is 0.427 e. The summed E-state index contributed by atoms with van der Waals surface area (Å²) in [7, 11) is 0. The third-order valence-electron chi connectivity index (χ3n) is 1.04. The zero-order chi connectivity index (χ0) is 8.65. The maximum absolute atomic E-state index is 11.9. The summed E-state index contributed by atoms with van der Waals surface area (Å²) in [6.07, 6.45) is -4.39. The number of hydrogen-bond acceptors (Lipinski definition) is 2. The fraction of sp³-hybridized carbons (Fsp3) is 0.200. The summed E-state index contributed by atoms with van der Waals surface area (Å²) in [5.41, 5.74) is 4.66. The molecule has 0 amide bonds. The van der Waals surface area contributed by atoms with Gasteiger partial charge in [-0.3, -0.25) is 0 Å². The molecule has 0 aliphatic heterocycles. The first-order chi connectivity index (χ1) is 4.93. The maximum atomic E-state index is 11.9. The van der Waals surface area contributed by atoms with Gasteiger partial charge in [0.2, 0.25) is 0 Å². The first-order valence-electron chi connectivity index (χ1n) is 2.52. The molecule has 0 atom stereocenters. The van der Waals surface area contributed by atoms with Crippen LogP contribution in [0.25, 0.3) is 0 Å². The molecule has 0 unspecified atom stereocenters. The van der Waals surface area contributed by atoms with E-state index in [1.807, 2.05) is 0 Å². The lowest BCUT2D eigenvalue weighted by atomic mass is 10.4. The number of nitrogen functional groups attached to an aromatic ring is 1. The fourth-order valence-corrected chi connectivity index (χ4v) is 1.57. The number of alkyl halides is 3. The molecule has 1 aromatic heterocycles. The third-order valence-corrected chi connectivity index (χ3v) is 2.52. The van der Waals surface area contributed by atoms with Crippen molar-refractivity contribution in [1.82, 2.24) is 0 Å². The number of thiophene rings is 1. The van der Waals surface area contributed by atoms with Crippen LogP contribution in [-0.2, 0) is 6.18 Å². The van der Waals surface area contributed by atoms with Gasteiger partial charge in [-0.05, 0) is 0 Å². The summed E-state index contributed by atoms with van der Waals surface area (Å²) in [5.74, 6) is 0. The second-order valence-corrected chi connectivity index (χ2v) is 3.11. The van der Waals surface area contributed by atoms with Crippen LogP contribution in [-0.4, -0.2) is 0 Å². The Morgan fingerprint density at radius 2 is 2.00 bits per heavy atom. The number of rotatable bonds is 0. The number of halogens is 4. The molecule has 0 fully saturated rings. The lowest BCUT2D eigenvalue weighted by molar-refractivity contribution is -0.133. The zero-order valence-electron chi connectivity index (χ0n) is 5.07. The van der Waals surface area contributed by atoms with Crippen LogP contribution in [0.15, 0.2) is 5.38 Å². The van der Waals surface area contributed by atoms with Gasteiger partial charge in [0.1, 0.15) is 4.88 Å². The highest BCUT2D eigenvalue weighted by molar-refractivity contribution is 7.11. The molecule has 6 heteroatoms. The van der Waals surface area contributed by atoms with Gasteiger partial charge in [0.15, 0.2) is 0 Å². The summed E-state index contributed by atoms with van der Waals surface area (Å²) >= 11 is 5.82. The molecule has 0 saturated carbocycles. The van der Waals surface area contributed by atoms with Gasteiger partial charge in [0.25, 0.3) is 0 Å². The summed E-state index contributed by atoms with van der Waals surface area (Å²) in [5, 5.41) is 1.13. The lowest BCUT2D eigenvalue weighted by Gasteiger charge is -2.03. The van der Waals surface area contributed by atoms with E-state index in [1.165, 1.54) is 5.38 Å². The molecule has 11 heavy (non-hydrogen) atoms. The standard InChI is InChI=1S/C5H3ClF3NS/c6-2-1-11-4(3(2)10)5(7,8)9/h1H,10H2. The molecular formula is C5H3ClF3NS. The van der Waals surface area contributed by atoms with E-state index in [2.05, 4.69) is 0 Å². The van der Waals surface area contributed by atoms with Crippen molar-refractivity contribution in [2.24, 2.45) is 0 Å². The molecule has 0 saturated heterocycles. The van der Waals surface area contributed by atoms with Crippen molar-refractivity contribution in [3.05, 3.63) is 15.3 Å². The third kappa shape index (κ3) is 1.59. The van der Waals surface area contributed by atoms with Crippen molar-refractivity contribution < 1.29 is 13.2 Å². The van der Waals surface area contributed by atoms with Crippen LogP contribution in [0.5, 0.6) is 0 Å². The van der Waals surface area contributed by atoms with Crippen LogP contribution >= 0.6 is 22.9 Å². The Kier molecular flexibility index (Phi) is 2.02. The van der Waals surface area contributed by atoms with E-state index in [9.17, 15) is 13.2 Å². The molecule has 1 nitrogen and oxygen atoms in total. The number of hydrogen-bond donors (Lipinski definition) is 1. The monoisotopic (exact) mass is 201 g/mol. The highest BCUT2D eigenvalue weighted by atomic mass is 35.5. The average molecular weight is 202 g/mol. The molecule has 0 radical (unpaired) electrons. The van der Waals surface area contributed by atoms with Gasteiger partial charge in [-0.25, -0.2) is 0 Å². The fourth-order valence-electron chi connectivity index (χ4n) is 0.566. The predicted octanol–water partition coefficient (Wildman–Crippen LogP) is 3.00. The highest BCUT2D eigenvalue weighted by Gasteiger charge is 2.35. The summed E-state index contributed by atoms with van der Waals surface area (Å²) in [6, 6.07) is 0. The molecule has 62 valence electrons.